The van der Waals surface area contributed by atoms with E-state index in [1.165, 1.54) is 13.2 Å². The van der Waals surface area contributed by atoms with Crippen LogP contribution in [0.3, 0.4) is 0 Å². The summed E-state index contributed by atoms with van der Waals surface area (Å²) in [6.45, 7) is 4.98. The topological polar surface area (TPSA) is 64.1 Å². The molecular formula is C21H29FIN3O3. The molecule has 0 amide bonds. The fourth-order valence-corrected chi connectivity index (χ4v) is 2.72. The molecule has 0 aliphatic rings. The van der Waals surface area contributed by atoms with Gasteiger partial charge in [-0.3, -0.25) is 4.99 Å². The summed E-state index contributed by atoms with van der Waals surface area (Å²) in [5.41, 5.74) is 1.82. The number of guanidine groups is 1. The zero-order valence-electron chi connectivity index (χ0n) is 17.4. The molecule has 160 valence electrons. The number of aliphatic imine (C=N–C) groups is 1. The van der Waals surface area contributed by atoms with Crippen molar-refractivity contribution in [2.24, 2.45) is 4.99 Å². The van der Waals surface area contributed by atoms with Gasteiger partial charge in [-0.15, -0.1) is 24.0 Å². The van der Waals surface area contributed by atoms with Crippen LogP contribution in [0.25, 0.3) is 0 Å². The number of benzene rings is 2. The molecule has 0 aliphatic carbocycles. The van der Waals surface area contributed by atoms with Crippen LogP contribution in [-0.4, -0.2) is 33.8 Å². The molecule has 0 bridgehead atoms. The maximum Gasteiger partial charge on any atom is 0.191 e. The molecule has 0 aliphatic heterocycles. The summed E-state index contributed by atoms with van der Waals surface area (Å²) in [5.74, 6) is 1.84. The Morgan fingerprint density at radius 2 is 1.76 bits per heavy atom. The second kappa shape index (κ2) is 12.4. The molecule has 8 heteroatoms. The van der Waals surface area contributed by atoms with Crippen molar-refractivity contribution in [3.63, 3.8) is 0 Å². The maximum atomic E-state index is 13.9. The summed E-state index contributed by atoms with van der Waals surface area (Å²) in [6, 6.07) is 10.5. The van der Waals surface area contributed by atoms with Crippen LogP contribution in [0.4, 0.5) is 4.39 Å². The molecule has 2 aromatic rings. The number of hydrogen-bond acceptors (Lipinski definition) is 4. The van der Waals surface area contributed by atoms with Crippen molar-refractivity contribution < 1.29 is 18.6 Å². The third kappa shape index (κ3) is 6.95. The second-order valence-corrected chi connectivity index (χ2v) is 6.10. The molecule has 0 aromatic heterocycles. The molecule has 0 saturated carbocycles. The monoisotopic (exact) mass is 517 g/mol. The number of nitrogens with one attached hydrogen (secondary N) is 2. The van der Waals surface area contributed by atoms with Gasteiger partial charge < -0.3 is 24.8 Å². The Morgan fingerprint density at radius 1 is 1.07 bits per heavy atom. The highest BCUT2D eigenvalue weighted by molar-refractivity contribution is 14.0. The standard InChI is InChI=1S/C21H28FN3O3.HI/c1-6-28-20-11-15(7-9-19(20)27-5)13-24-21(23-3)25-14(2)16-8-10-18(26-4)17(22)12-16;/h7-12,14H,6,13H2,1-5H3,(H2,23,24,25);1H. The first kappa shape index (κ1) is 24.8. The van der Waals surface area contributed by atoms with E-state index < -0.39 is 5.82 Å². The van der Waals surface area contributed by atoms with Gasteiger partial charge in [0.15, 0.2) is 29.0 Å². The lowest BCUT2D eigenvalue weighted by Gasteiger charge is -2.19. The van der Waals surface area contributed by atoms with Crippen LogP contribution >= 0.6 is 24.0 Å². The zero-order chi connectivity index (χ0) is 20.5. The number of methoxy groups -OCH3 is 2. The Bertz CT molecular complexity index is 818. The molecule has 2 rings (SSSR count). The fourth-order valence-electron chi connectivity index (χ4n) is 2.72. The van der Waals surface area contributed by atoms with Gasteiger partial charge in [-0.2, -0.15) is 0 Å². The Labute approximate surface area is 188 Å². The lowest BCUT2D eigenvalue weighted by molar-refractivity contribution is 0.310. The van der Waals surface area contributed by atoms with Gasteiger partial charge in [0.05, 0.1) is 26.9 Å². The molecule has 0 saturated heterocycles. The summed E-state index contributed by atoms with van der Waals surface area (Å²) in [4.78, 5) is 4.24. The normalized spacial score (nSPS) is 11.9. The number of ether oxygens (including phenoxy) is 3. The van der Waals surface area contributed by atoms with E-state index in [2.05, 4.69) is 15.6 Å². The summed E-state index contributed by atoms with van der Waals surface area (Å²) in [7, 11) is 4.75. The molecule has 0 heterocycles. The van der Waals surface area contributed by atoms with E-state index in [-0.39, 0.29) is 35.8 Å². The molecule has 6 nitrogen and oxygen atoms in total. The molecular weight excluding hydrogens is 488 g/mol. The van der Waals surface area contributed by atoms with Gasteiger partial charge in [0.2, 0.25) is 0 Å². The van der Waals surface area contributed by atoms with Crippen molar-refractivity contribution >= 4 is 29.9 Å². The second-order valence-electron chi connectivity index (χ2n) is 6.10. The average molecular weight is 517 g/mol. The van der Waals surface area contributed by atoms with Crippen LogP contribution in [-0.2, 0) is 6.54 Å². The largest absolute Gasteiger partial charge is 0.494 e. The fraction of sp³-hybridized carbons (Fsp3) is 0.381. The van der Waals surface area contributed by atoms with Gasteiger partial charge in [-0.25, -0.2) is 4.39 Å². The molecule has 1 unspecified atom stereocenters. The highest BCUT2D eigenvalue weighted by atomic mass is 127. The zero-order valence-corrected chi connectivity index (χ0v) is 19.7. The van der Waals surface area contributed by atoms with Crippen molar-refractivity contribution in [2.75, 3.05) is 27.9 Å². The first-order valence-electron chi connectivity index (χ1n) is 9.12. The molecule has 1 atom stereocenters. The first-order valence-corrected chi connectivity index (χ1v) is 9.12. The lowest BCUT2D eigenvalue weighted by Crippen LogP contribution is -2.38. The third-order valence-corrected chi connectivity index (χ3v) is 4.24. The summed E-state index contributed by atoms with van der Waals surface area (Å²) in [5, 5.41) is 6.51. The summed E-state index contributed by atoms with van der Waals surface area (Å²) >= 11 is 0. The van der Waals surface area contributed by atoms with E-state index in [1.54, 1.807) is 20.2 Å². The van der Waals surface area contributed by atoms with Crippen LogP contribution in [0, 0.1) is 5.82 Å². The van der Waals surface area contributed by atoms with Gasteiger partial charge >= 0.3 is 0 Å². The van der Waals surface area contributed by atoms with Crippen LogP contribution in [0.5, 0.6) is 17.2 Å². The minimum absolute atomic E-state index is 0. The highest BCUT2D eigenvalue weighted by Gasteiger charge is 2.12. The van der Waals surface area contributed by atoms with E-state index in [4.69, 9.17) is 14.2 Å². The molecule has 0 spiro atoms. The molecule has 0 radical (unpaired) electrons. The predicted octanol–water partition coefficient (Wildman–Crippen LogP) is 4.29. The first-order chi connectivity index (χ1) is 13.5. The molecule has 2 N–H and O–H groups in total. The quantitative estimate of drug-likeness (QED) is 0.311. The molecule has 29 heavy (non-hydrogen) atoms. The van der Waals surface area contributed by atoms with Crippen molar-refractivity contribution in [1.29, 1.82) is 0 Å². The van der Waals surface area contributed by atoms with Gasteiger partial charge in [0, 0.05) is 13.6 Å². The summed E-state index contributed by atoms with van der Waals surface area (Å²) in [6.07, 6.45) is 0. The lowest BCUT2D eigenvalue weighted by atomic mass is 10.1. The number of nitrogens with zero attached hydrogens (tertiary/aromatic N) is 1. The van der Waals surface area contributed by atoms with Crippen LogP contribution < -0.4 is 24.8 Å². The van der Waals surface area contributed by atoms with Crippen LogP contribution in [0.15, 0.2) is 41.4 Å². The van der Waals surface area contributed by atoms with Gasteiger partial charge in [-0.05, 0) is 49.2 Å². The molecule has 2 aromatic carbocycles. The Kier molecular flexibility index (Phi) is 10.6. The van der Waals surface area contributed by atoms with Crippen molar-refractivity contribution in [2.45, 2.75) is 26.4 Å². The Morgan fingerprint density at radius 3 is 2.34 bits per heavy atom. The number of hydrogen-bond donors (Lipinski definition) is 2. The van der Waals surface area contributed by atoms with E-state index >= 15 is 0 Å². The smallest absolute Gasteiger partial charge is 0.191 e. The third-order valence-electron chi connectivity index (χ3n) is 4.24. The SMILES string of the molecule is CCOc1cc(CNC(=NC)NC(C)c2ccc(OC)c(F)c2)ccc1OC.I. The predicted molar refractivity (Wildman–Crippen MR) is 124 cm³/mol. The maximum absolute atomic E-state index is 13.9. The van der Waals surface area contributed by atoms with Crippen LogP contribution in [0.1, 0.15) is 31.0 Å². The minimum Gasteiger partial charge on any atom is -0.494 e. The van der Waals surface area contributed by atoms with E-state index in [1.807, 2.05) is 38.1 Å². The number of halogens is 2. The van der Waals surface area contributed by atoms with Crippen molar-refractivity contribution in [3.05, 3.63) is 53.3 Å². The van der Waals surface area contributed by atoms with Gasteiger partial charge in [0.25, 0.3) is 0 Å². The van der Waals surface area contributed by atoms with E-state index in [0.29, 0.717) is 30.6 Å². The minimum atomic E-state index is -0.390. The Hall–Kier alpha value is -2.23. The van der Waals surface area contributed by atoms with E-state index in [0.717, 1.165) is 11.1 Å². The Balaban J connectivity index is 0.00000420. The number of rotatable bonds is 8. The summed E-state index contributed by atoms with van der Waals surface area (Å²) < 4.78 is 29.8. The average Bonchev–Trinajstić information content (AvgIpc) is 2.71. The van der Waals surface area contributed by atoms with Gasteiger partial charge in [0.1, 0.15) is 0 Å². The molecule has 0 fully saturated rings. The van der Waals surface area contributed by atoms with Crippen molar-refractivity contribution in [3.8, 4) is 17.2 Å². The van der Waals surface area contributed by atoms with Crippen LogP contribution in [0.2, 0.25) is 0 Å². The van der Waals surface area contributed by atoms with Crippen molar-refractivity contribution in [1.82, 2.24) is 10.6 Å². The van der Waals surface area contributed by atoms with Gasteiger partial charge in [-0.1, -0.05) is 12.1 Å². The highest BCUT2D eigenvalue weighted by Crippen LogP contribution is 2.28. The van der Waals surface area contributed by atoms with E-state index in [9.17, 15) is 4.39 Å².